The van der Waals surface area contributed by atoms with E-state index in [2.05, 4.69) is 4.98 Å². The van der Waals surface area contributed by atoms with Crippen LogP contribution in [0.15, 0.2) is 53.2 Å². The molecule has 0 amide bonds. The minimum absolute atomic E-state index is 0.716. The molecule has 0 bridgehead atoms. The summed E-state index contributed by atoms with van der Waals surface area (Å²) < 4.78 is 5.90. The zero-order valence-electron chi connectivity index (χ0n) is 9.35. The lowest BCUT2D eigenvalue weighted by atomic mass is 10.1. The third-order valence-corrected chi connectivity index (χ3v) is 3.52. The second-order valence-corrected chi connectivity index (χ2v) is 4.66. The highest BCUT2D eigenvalue weighted by atomic mass is 35.5. The van der Waals surface area contributed by atoms with Crippen molar-refractivity contribution < 1.29 is 4.42 Å². The van der Waals surface area contributed by atoms with Crippen LogP contribution in [0.2, 0.25) is 5.02 Å². The molecule has 4 aromatic rings. The number of nitrogens with zero attached hydrogens (tertiary/aromatic N) is 1. The van der Waals surface area contributed by atoms with Crippen molar-refractivity contribution in [1.82, 2.24) is 4.98 Å². The molecule has 86 valence electrons. The second-order valence-electron chi connectivity index (χ2n) is 4.26. The number of hydrogen-bond acceptors (Lipinski definition) is 2. The molecule has 2 nitrogen and oxygen atoms in total. The highest BCUT2D eigenvalue weighted by Gasteiger charge is 2.13. The maximum Gasteiger partial charge on any atom is 0.153 e. The number of halogens is 1. The molecule has 0 atom stereocenters. The number of furan rings is 1. The minimum atomic E-state index is 0.716. The van der Waals surface area contributed by atoms with Crippen molar-refractivity contribution in [3.63, 3.8) is 0 Å². The average molecular weight is 254 g/mol. The quantitative estimate of drug-likeness (QED) is 0.450. The summed E-state index contributed by atoms with van der Waals surface area (Å²) in [4.78, 5) is 4.08. The Bertz CT molecular complexity index is 895. The van der Waals surface area contributed by atoms with E-state index in [9.17, 15) is 0 Å². The van der Waals surface area contributed by atoms with Crippen molar-refractivity contribution in [2.45, 2.75) is 0 Å². The summed E-state index contributed by atoms with van der Waals surface area (Å²) in [6.07, 6.45) is 3.48. The molecule has 0 aliphatic rings. The Balaban J connectivity index is 2.38. The molecular weight excluding hydrogens is 246 g/mol. The second kappa shape index (κ2) is 3.47. The predicted molar refractivity (Wildman–Crippen MR) is 74.0 cm³/mol. The molecule has 4 rings (SSSR count). The van der Waals surface area contributed by atoms with Gasteiger partial charge in [0.2, 0.25) is 0 Å². The van der Waals surface area contributed by atoms with Crippen molar-refractivity contribution >= 4 is 44.3 Å². The third-order valence-electron chi connectivity index (χ3n) is 3.22. The Morgan fingerprint density at radius 1 is 1.06 bits per heavy atom. The lowest BCUT2D eigenvalue weighted by Crippen LogP contribution is -1.75. The van der Waals surface area contributed by atoms with Crippen molar-refractivity contribution in [2.75, 3.05) is 0 Å². The van der Waals surface area contributed by atoms with E-state index in [0.29, 0.717) is 5.02 Å². The first kappa shape index (κ1) is 9.92. The van der Waals surface area contributed by atoms with Crippen LogP contribution < -0.4 is 0 Å². The van der Waals surface area contributed by atoms with Gasteiger partial charge in [0.1, 0.15) is 5.58 Å². The molecule has 0 fully saturated rings. The van der Waals surface area contributed by atoms with Gasteiger partial charge in [0.05, 0.1) is 11.2 Å². The fourth-order valence-corrected chi connectivity index (χ4v) is 2.72. The number of aromatic nitrogens is 1. The molecular formula is C15H8ClNO. The first-order valence-corrected chi connectivity index (χ1v) is 6.06. The third kappa shape index (κ3) is 1.21. The van der Waals surface area contributed by atoms with Crippen LogP contribution >= 0.6 is 11.6 Å². The Morgan fingerprint density at radius 2 is 1.94 bits per heavy atom. The van der Waals surface area contributed by atoms with Crippen molar-refractivity contribution in [2.24, 2.45) is 0 Å². The molecule has 0 saturated heterocycles. The van der Waals surface area contributed by atoms with Gasteiger partial charge in [0, 0.05) is 22.4 Å². The van der Waals surface area contributed by atoms with Gasteiger partial charge < -0.3 is 4.42 Å². The molecule has 0 unspecified atom stereocenters. The van der Waals surface area contributed by atoms with Crippen LogP contribution in [-0.2, 0) is 0 Å². The summed E-state index contributed by atoms with van der Waals surface area (Å²) in [6, 6.07) is 12.0. The highest BCUT2D eigenvalue weighted by molar-refractivity contribution is 6.39. The SMILES string of the molecule is Clc1cc2ccccc2c2oc3cnccc3c12. The molecule has 2 aromatic carbocycles. The van der Waals surface area contributed by atoms with Gasteiger partial charge in [-0.25, -0.2) is 0 Å². The zero-order valence-corrected chi connectivity index (χ0v) is 10.1. The lowest BCUT2D eigenvalue weighted by Gasteiger charge is -2.00. The lowest BCUT2D eigenvalue weighted by molar-refractivity contribution is 0.670. The van der Waals surface area contributed by atoms with Crippen LogP contribution in [0.3, 0.4) is 0 Å². The zero-order chi connectivity index (χ0) is 12.1. The Labute approximate surface area is 108 Å². The van der Waals surface area contributed by atoms with E-state index in [1.807, 2.05) is 36.4 Å². The van der Waals surface area contributed by atoms with E-state index in [1.54, 1.807) is 12.4 Å². The predicted octanol–water partition coefficient (Wildman–Crippen LogP) is 4.79. The molecule has 0 radical (unpaired) electrons. The number of rotatable bonds is 0. The Hall–Kier alpha value is -2.06. The maximum atomic E-state index is 6.38. The van der Waals surface area contributed by atoms with Gasteiger partial charge in [-0.3, -0.25) is 4.98 Å². The number of pyridine rings is 1. The van der Waals surface area contributed by atoms with Crippen molar-refractivity contribution in [3.05, 3.63) is 53.8 Å². The Kier molecular flexibility index (Phi) is 1.91. The van der Waals surface area contributed by atoms with Gasteiger partial charge in [0.15, 0.2) is 5.58 Å². The van der Waals surface area contributed by atoms with E-state index in [4.69, 9.17) is 16.0 Å². The summed E-state index contributed by atoms with van der Waals surface area (Å²) in [7, 11) is 0. The van der Waals surface area contributed by atoms with Crippen molar-refractivity contribution in [3.8, 4) is 0 Å². The summed E-state index contributed by atoms with van der Waals surface area (Å²) in [5.74, 6) is 0. The van der Waals surface area contributed by atoms with Gasteiger partial charge in [-0.1, -0.05) is 35.9 Å². The van der Waals surface area contributed by atoms with Crippen molar-refractivity contribution in [1.29, 1.82) is 0 Å². The number of benzene rings is 2. The maximum absolute atomic E-state index is 6.38. The molecule has 3 heteroatoms. The fraction of sp³-hybridized carbons (Fsp3) is 0. The van der Waals surface area contributed by atoms with E-state index in [-0.39, 0.29) is 0 Å². The molecule has 0 N–H and O–H groups in total. The summed E-state index contributed by atoms with van der Waals surface area (Å²) in [5, 5.41) is 4.85. The molecule has 0 aliphatic carbocycles. The average Bonchev–Trinajstić information content (AvgIpc) is 2.79. The molecule has 18 heavy (non-hydrogen) atoms. The van der Waals surface area contributed by atoms with E-state index < -0.39 is 0 Å². The van der Waals surface area contributed by atoms with Gasteiger partial charge in [0.25, 0.3) is 0 Å². The first-order valence-electron chi connectivity index (χ1n) is 5.68. The summed E-state index contributed by atoms with van der Waals surface area (Å²) >= 11 is 6.38. The highest BCUT2D eigenvalue weighted by Crippen LogP contribution is 2.38. The molecule has 0 aliphatic heterocycles. The minimum Gasteiger partial charge on any atom is -0.454 e. The number of fused-ring (bicyclic) bond motifs is 5. The van der Waals surface area contributed by atoms with Gasteiger partial charge in [-0.2, -0.15) is 0 Å². The first-order chi connectivity index (χ1) is 8.84. The molecule has 0 saturated carbocycles. The van der Waals surface area contributed by atoms with Crippen LogP contribution in [-0.4, -0.2) is 4.98 Å². The van der Waals surface area contributed by atoms with Crippen LogP contribution in [0.1, 0.15) is 0 Å². The molecule has 2 heterocycles. The van der Waals surface area contributed by atoms with Crippen LogP contribution in [0.5, 0.6) is 0 Å². The largest absolute Gasteiger partial charge is 0.454 e. The van der Waals surface area contributed by atoms with Gasteiger partial charge >= 0.3 is 0 Å². The summed E-state index contributed by atoms with van der Waals surface area (Å²) in [5.41, 5.74) is 1.60. The normalized spacial score (nSPS) is 11.6. The molecule has 0 spiro atoms. The van der Waals surface area contributed by atoms with Crippen LogP contribution in [0, 0.1) is 0 Å². The smallest absolute Gasteiger partial charge is 0.153 e. The fourth-order valence-electron chi connectivity index (χ4n) is 2.42. The molecule has 2 aromatic heterocycles. The van der Waals surface area contributed by atoms with Gasteiger partial charge in [-0.15, -0.1) is 0 Å². The van der Waals surface area contributed by atoms with Crippen LogP contribution in [0.25, 0.3) is 32.7 Å². The summed E-state index contributed by atoms with van der Waals surface area (Å²) in [6.45, 7) is 0. The van der Waals surface area contributed by atoms with Gasteiger partial charge in [-0.05, 0) is 17.5 Å². The number of hydrogen-bond donors (Lipinski definition) is 0. The Morgan fingerprint density at radius 3 is 2.89 bits per heavy atom. The van der Waals surface area contributed by atoms with E-state index >= 15 is 0 Å². The topological polar surface area (TPSA) is 26.0 Å². The standard InChI is InChI=1S/C15H8ClNO/c16-12-7-9-3-1-2-4-10(9)15-14(12)11-5-6-17-8-13(11)18-15/h1-8H. The van der Waals surface area contributed by atoms with Crippen LogP contribution in [0.4, 0.5) is 0 Å². The monoisotopic (exact) mass is 253 g/mol. The van der Waals surface area contributed by atoms with E-state index in [1.165, 1.54) is 0 Å². The van der Waals surface area contributed by atoms with E-state index in [0.717, 1.165) is 32.7 Å².